The molecule has 15 heavy (non-hydrogen) atoms. The van der Waals surface area contributed by atoms with E-state index >= 15 is 0 Å². The smallest absolute Gasteiger partial charge is 0.0575 e. The molecule has 0 aromatic heterocycles. The minimum absolute atomic E-state index is 0.00146. The van der Waals surface area contributed by atoms with E-state index in [1.54, 1.807) is 7.11 Å². The quantitative estimate of drug-likeness (QED) is 0.675. The maximum Gasteiger partial charge on any atom is 0.0575 e. The fourth-order valence-corrected chi connectivity index (χ4v) is 3.74. The molecule has 0 saturated heterocycles. The second-order valence-electron chi connectivity index (χ2n) is 3.49. The Bertz CT molecular complexity index is 310. The zero-order chi connectivity index (χ0) is 11.3. The Kier molecular flexibility index (Phi) is 5.82. The summed E-state index contributed by atoms with van der Waals surface area (Å²) in [5.41, 5.74) is 1.27. The van der Waals surface area contributed by atoms with E-state index in [0.29, 0.717) is 6.61 Å². The van der Waals surface area contributed by atoms with E-state index in [2.05, 4.69) is 66.0 Å². The van der Waals surface area contributed by atoms with Crippen molar-refractivity contribution >= 4 is 47.8 Å². The molecule has 0 fully saturated rings. The van der Waals surface area contributed by atoms with E-state index in [1.807, 2.05) is 6.07 Å². The van der Waals surface area contributed by atoms with E-state index in [9.17, 15) is 0 Å². The molecule has 1 nitrogen and oxygen atoms in total. The standard InChI is InChI=1S/C11H13Br3O/c1-15-8-11(6-12,7-13)9-3-2-4-10(14)5-9/h2-5H,6-8H2,1H3. The van der Waals surface area contributed by atoms with Gasteiger partial charge in [0.05, 0.1) is 6.61 Å². The van der Waals surface area contributed by atoms with Crippen LogP contribution in [0, 0.1) is 0 Å². The maximum absolute atomic E-state index is 5.31. The van der Waals surface area contributed by atoms with Gasteiger partial charge in [0.25, 0.3) is 0 Å². The minimum Gasteiger partial charge on any atom is -0.384 e. The van der Waals surface area contributed by atoms with Crippen LogP contribution in [0.3, 0.4) is 0 Å². The first-order valence-corrected chi connectivity index (χ1v) is 7.59. The summed E-state index contributed by atoms with van der Waals surface area (Å²) in [6.07, 6.45) is 0. The summed E-state index contributed by atoms with van der Waals surface area (Å²) in [7, 11) is 1.73. The van der Waals surface area contributed by atoms with Crippen molar-refractivity contribution in [1.29, 1.82) is 0 Å². The third kappa shape index (κ3) is 3.29. The molecule has 4 heteroatoms. The first-order chi connectivity index (χ1) is 7.18. The molecule has 0 saturated carbocycles. The molecule has 0 aliphatic heterocycles. The number of ether oxygens (including phenoxy) is 1. The van der Waals surface area contributed by atoms with Gasteiger partial charge in [-0.1, -0.05) is 59.9 Å². The fourth-order valence-electron chi connectivity index (χ4n) is 1.45. The highest BCUT2D eigenvalue weighted by molar-refractivity contribution is 9.10. The van der Waals surface area contributed by atoms with Crippen molar-refractivity contribution < 1.29 is 4.74 Å². The van der Waals surface area contributed by atoms with Crippen LogP contribution in [0.15, 0.2) is 28.7 Å². The monoisotopic (exact) mass is 398 g/mol. The van der Waals surface area contributed by atoms with E-state index < -0.39 is 0 Å². The van der Waals surface area contributed by atoms with Crippen LogP contribution in [0.2, 0.25) is 0 Å². The highest BCUT2D eigenvalue weighted by Crippen LogP contribution is 2.30. The molecule has 0 bridgehead atoms. The maximum atomic E-state index is 5.31. The van der Waals surface area contributed by atoms with Gasteiger partial charge < -0.3 is 4.74 Å². The molecule has 1 aromatic rings. The van der Waals surface area contributed by atoms with E-state index in [0.717, 1.165) is 15.1 Å². The molecule has 0 unspecified atom stereocenters. The predicted molar refractivity (Wildman–Crippen MR) is 75.3 cm³/mol. The number of halogens is 3. The van der Waals surface area contributed by atoms with Crippen molar-refractivity contribution in [3.8, 4) is 0 Å². The number of alkyl halides is 2. The summed E-state index contributed by atoms with van der Waals surface area (Å²) in [6, 6.07) is 8.35. The second kappa shape index (κ2) is 6.38. The largest absolute Gasteiger partial charge is 0.384 e. The molecule has 0 aliphatic carbocycles. The van der Waals surface area contributed by atoms with Gasteiger partial charge in [-0.3, -0.25) is 0 Å². The molecule has 0 N–H and O–H groups in total. The summed E-state index contributed by atoms with van der Waals surface area (Å²) < 4.78 is 6.41. The number of rotatable bonds is 5. The topological polar surface area (TPSA) is 9.23 Å². The Morgan fingerprint density at radius 1 is 1.27 bits per heavy atom. The third-order valence-corrected chi connectivity index (χ3v) is 5.01. The van der Waals surface area contributed by atoms with Gasteiger partial charge in [-0.25, -0.2) is 0 Å². The first kappa shape index (κ1) is 13.7. The summed E-state index contributed by atoms with van der Waals surface area (Å²) in [4.78, 5) is 0. The van der Waals surface area contributed by atoms with Crippen LogP contribution in [0.25, 0.3) is 0 Å². The Balaban J connectivity index is 3.07. The van der Waals surface area contributed by atoms with E-state index in [4.69, 9.17) is 4.74 Å². The van der Waals surface area contributed by atoms with Crippen molar-refractivity contribution in [1.82, 2.24) is 0 Å². The van der Waals surface area contributed by atoms with Crippen LogP contribution in [0.1, 0.15) is 5.56 Å². The van der Waals surface area contributed by atoms with Gasteiger partial charge in [-0.2, -0.15) is 0 Å². The molecular formula is C11H13Br3O. The fraction of sp³-hybridized carbons (Fsp3) is 0.455. The molecule has 0 heterocycles. The van der Waals surface area contributed by atoms with Crippen LogP contribution in [-0.4, -0.2) is 24.4 Å². The van der Waals surface area contributed by atoms with Gasteiger partial charge in [0.2, 0.25) is 0 Å². The Morgan fingerprint density at radius 2 is 1.93 bits per heavy atom. The van der Waals surface area contributed by atoms with Crippen molar-refractivity contribution in [3.63, 3.8) is 0 Å². The van der Waals surface area contributed by atoms with Gasteiger partial charge >= 0.3 is 0 Å². The summed E-state index contributed by atoms with van der Waals surface area (Å²) >= 11 is 10.6. The average Bonchev–Trinajstić information content (AvgIpc) is 2.26. The Labute approximate surface area is 116 Å². The lowest BCUT2D eigenvalue weighted by atomic mass is 9.85. The lowest BCUT2D eigenvalue weighted by Crippen LogP contribution is -2.35. The van der Waals surface area contributed by atoms with Crippen molar-refractivity contribution in [2.24, 2.45) is 0 Å². The average molecular weight is 401 g/mol. The summed E-state index contributed by atoms with van der Waals surface area (Å²) in [5.74, 6) is 0. The molecule has 0 atom stereocenters. The van der Waals surface area contributed by atoms with Gasteiger partial charge in [-0.05, 0) is 17.7 Å². The molecule has 0 radical (unpaired) electrons. The number of hydrogen-bond acceptors (Lipinski definition) is 1. The molecule has 0 amide bonds. The predicted octanol–water partition coefficient (Wildman–Crippen LogP) is 4.12. The van der Waals surface area contributed by atoms with Crippen LogP contribution in [-0.2, 0) is 10.2 Å². The molecule has 0 spiro atoms. The van der Waals surface area contributed by atoms with Crippen LogP contribution >= 0.6 is 47.8 Å². The van der Waals surface area contributed by atoms with Crippen molar-refractivity contribution in [2.75, 3.05) is 24.4 Å². The van der Waals surface area contributed by atoms with E-state index in [1.165, 1.54) is 5.56 Å². The molecule has 1 aromatic carbocycles. The SMILES string of the molecule is COCC(CBr)(CBr)c1cccc(Br)c1. The van der Waals surface area contributed by atoms with Gasteiger partial charge in [0.15, 0.2) is 0 Å². The Hall–Kier alpha value is 0.620. The van der Waals surface area contributed by atoms with Crippen LogP contribution in [0.5, 0.6) is 0 Å². The zero-order valence-corrected chi connectivity index (χ0v) is 13.2. The minimum atomic E-state index is -0.00146. The molecule has 1 rings (SSSR count). The van der Waals surface area contributed by atoms with Gasteiger partial charge in [-0.15, -0.1) is 0 Å². The van der Waals surface area contributed by atoms with Gasteiger partial charge in [0, 0.05) is 27.7 Å². The Morgan fingerprint density at radius 3 is 2.40 bits per heavy atom. The highest BCUT2D eigenvalue weighted by atomic mass is 79.9. The van der Waals surface area contributed by atoms with Gasteiger partial charge in [0.1, 0.15) is 0 Å². The van der Waals surface area contributed by atoms with Crippen molar-refractivity contribution in [2.45, 2.75) is 5.41 Å². The summed E-state index contributed by atoms with van der Waals surface area (Å²) in [6.45, 7) is 0.694. The number of methoxy groups -OCH3 is 1. The molecule has 84 valence electrons. The van der Waals surface area contributed by atoms with Crippen LogP contribution < -0.4 is 0 Å². The zero-order valence-electron chi connectivity index (χ0n) is 8.47. The summed E-state index contributed by atoms with van der Waals surface area (Å²) in [5, 5.41) is 1.74. The van der Waals surface area contributed by atoms with Crippen LogP contribution in [0.4, 0.5) is 0 Å². The number of benzene rings is 1. The number of hydrogen-bond donors (Lipinski definition) is 0. The van der Waals surface area contributed by atoms with E-state index in [-0.39, 0.29) is 5.41 Å². The lowest BCUT2D eigenvalue weighted by Gasteiger charge is -2.29. The molecule has 0 aliphatic rings. The van der Waals surface area contributed by atoms with Crippen molar-refractivity contribution in [3.05, 3.63) is 34.3 Å². The lowest BCUT2D eigenvalue weighted by molar-refractivity contribution is 0.152. The first-order valence-electron chi connectivity index (χ1n) is 4.55. The second-order valence-corrected chi connectivity index (χ2v) is 5.53. The third-order valence-electron chi connectivity index (χ3n) is 2.37. The molecular weight excluding hydrogens is 388 g/mol. The highest BCUT2D eigenvalue weighted by Gasteiger charge is 2.30. The normalized spacial score (nSPS) is 11.7.